The van der Waals surface area contributed by atoms with Gasteiger partial charge in [0.15, 0.2) is 0 Å². The van der Waals surface area contributed by atoms with Gasteiger partial charge in [-0.15, -0.1) is 0 Å². The first kappa shape index (κ1) is 30.4. The number of benzene rings is 1. The Kier molecular flexibility index (Phi) is 10.0. The van der Waals surface area contributed by atoms with E-state index in [0.717, 1.165) is 49.5 Å². The van der Waals surface area contributed by atoms with Gasteiger partial charge in [0.1, 0.15) is 23.3 Å². The molecule has 0 atom stereocenters. The van der Waals surface area contributed by atoms with Gasteiger partial charge < -0.3 is 30.7 Å². The number of imidazole rings is 1. The van der Waals surface area contributed by atoms with Crippen molar-refractivity contribution in [3.8, 4) is 11.3 Å². The van der Waals surface area contributed by atoms with Crippen molar-refractivity contribution < 1.29 is 17.6 Å². The second-order valence-corrected chi connectivity index (χ2v) is 10.2. The van der Waals surface area contributed by atoms with Crippen LogP contribution in [0.2, 0.25) is 0 Å². The first-order valence-electron chi connectivity index (χ1n) is 13.1. The number of nitrogens with zero attached hydrogens (tertiary/aromatic N) is 6. The third kappa shape index (κ3) is 7.51. The molecule has 0 spiro atoms. The number of piperidine rings is 1. The Bertz CT molecular complexity index is 1180. The summed E-state index contributed by atoms with van der Waals surface area (Å²) in [6, 6.07) is 3.03. The monoisotopic (exact) mass is 552 g/mol. The van der Waals surface area contributed by atoms with Crippen molar-refractivity contribution in [3.05, 3.63) is 53.0 Å². The van der Waals surface area contributed by atoms with E-state index in [4.69, 9.17) is 16.5 Å². The molecule has 1 aliphatic heterocycles. The first-order valence-corrected chi connectivity index (χ1v) is 13.1. The molecule has 2 aromatic rings. The number of alkyl halides is 3. The van der Waals surface area contributed by atoms with Crippen molar-refractivity contribution in [1.82, 2.24) is 24.3 Å². The summed E-state index contributed by atoms with van der Waals surface area (Å²) in [6.07, 6.45) is -1.50. The molecule has 3 rings (SSSR count). The number of hydrogen-bond donors (Lipinski definition) is 2. The number of likely N-dealkylation sites (tertiary alicyclic amines) is 1. The summed E-state index contributed by atoms with van der Waals surface area (Å²) < 4.78 is 55.9. The van der Waals surface area contributed by atoms with Crippen molar-refractivity contribution >= 4 is 5.84 Å². The molecule has 4 N–H and O–H groups in total. The molecule has 216 valence electrons. The number of hydrogen-bond acceptors (Lipinski definition) is 6. The molecule has 0 saturated carbocycles. The smallest absolute Gasteiger partial charge is 0.385 e. The molecule has 8 nitrogen and oxygen atoms in total. The normalized spacial score (nSPS) is 16.4. The van der Waals surface area contributed by atoms with E-state index in [-0.39, 0.29) is 11.5 Å². The zero-order valence-corrected chi connectivity index (χ0v) is 23.4. The largest absolute Gasteiger partial charge is 0.419 e. The SMILES string of the molecule is CCN(C)CC(C(N)=NC)=C(N)N1CCC(c2nc(-c3ccc(F)c(C(F)(F)F)c3)cn2CCN(C)C)CC1. The van der Waals surface area contributed by atoms with Crippen molar-refractivity contribution in [1.29, 1.82) is 0 Å². The van der Waals surface area contributed by atoms with Crippen molar-refractivity contribution in [2.24, 2.45) is 16.5 Å². The molecule has 0 amide bonds. The van der Waals surface area contributed by atoms with Crippen LogP contribution in [0.25, 0.3) is 11.3 Å². The van der Waals surface area contributed by atoms with Crippen LogP contribution in [0, 0.1) is 5.82 Å². The zero-order chi connectivity index (χ0) is 28.9. The van der Waals surface area contributed by atoms with Crippen LogP contribution < -0.4 is 11.5 Å². The predicted molar refractivity (Wildman–Crippen MR) is 147 cm³/mol. The Hall–Kier alpha value is -3.12. The lowest BCUT2D eigenvalue weighted by Crippen LogP contribution is -2.40. The number of aliphatic imine (C=N–C) groups is 1. The van der Waals surface area contributed by atoms with E-state index < -0.39 is 17.6 Å². The van der Waals surface area contributed by atoms with Crippen LogP contribution in [0.4, 0.5) is 17.6 Å². The van der Waals surface area contributed by atoms with Crippen LogP contribution in [0.3, 0.4) is 0 Å². The number of nitrogens with two attached hydrogens (primary N) is 2. The molecular weight excluding hydrogens is 512 g/mol. The minimum absolute atomic E-state index is 0.0893. The van der Waals surface area contributed by atoms with Crippen molar-refractivity contribution in [2.75, 3.05) is 60.9 Å². The molecule has 1 saturated heterocycles. The molecule has 0 unspecified atom stereocenters. The highest BCUT2D eigenvalue weighted by Gasteiger charge is 2.35. The van der Waals surface area contributed by atoms with Gasteiger partial charge in [0.2, 0.25) is 0 Å². The van der Waals surface area contributed by atoms with Crippen molar-refractivity contribution in [3.63, 3.8) is 0 Å². The molecular formula is C27H40F4N8. The number of halogens is 4. The quantitative estimate of drug-likeness (QED) is 0.266. The lowest BCUT2D eigenvalue weighted by Gasteiger charge is -2.35. The molecule has 1 aromatic carbocycles. The summed E-state index contributed by atoms with van der Waals surface area (Å²) in [5, 5.41) is 0. The lowest BCUT2D eigenvalue weighted by molar-refractivity contribution is -0.139. The van der Waals surface area contributed by atoms with Crippen LogP contribution in [0.15, 0.2) is 40.8 Å². The van der Waals surface area contributed by atoms with Gasteiger partial charge in [-0.25, -0.2) is 9.37 Å². The van der Waals surface area contributed by atoms with Crippen LogP contribution in [0.1, 0.15) is 37.1 Å². The molecule has 1 fully saturated rings. The maximum absolute atomic E-state index is 13.9. The standard InChI is InChI=1S/C27H40F4N8/c1-6-37(5)16-20(24(32)34-2)25(33)38-11-9-18(10-12-38)26-35-23(17-39(26)14-13-36(3)4)19-7-8-22(28)21(15-19)27(29,30)31/h7-8,15,17-18H,6,9-14,16,33H2,1-5H3,(H2,32,34). The fourth-order valence-corrected chi connectivity index (χ4v) is 4.66. The van der Waals surface area contributed by atoms with Gasteiger partial charge in [-0.1, -0.05) is 6.92 Å². The maximum Gasteiger partial charge on any atom is 0.419 e. The molecule has 39 heavy (non-hydrogen) atoms. The van der Waals surface area contributed by atoms with Crippen LogP contribution in [0.5, 0.6) is 0 Å². The van der Waals surface area contributed by atoms with E-state index in [1.807, 2.05) is 30.6 Å². The fourth-order valence-electron chi connectivity index (χ4n) is 4.66. The third-order valence-corrected chi connectivity index (χ3v) is 7.19. The number of amidine groups is 1. The minimum Gasteiger partial charge on any atom is -0.385 e. The van der Waals surface area contributed by atoms with Gasteiger partial charge in [0.25, 0.3) is 0 Å². The van der Waals surface area contributed by atoms with E-state index >= 15 is 0 Å². The zero-order valence-electron chi connectivity index (χ0n) is 23.4. The highest BCUT2D eigenvalue weighted by atomic mass is 19.4. The Morgan fingerprint density at radius 2 is 1.82 bits per heavy atom. The minimum atomic E-state index is -4.78. The molecule has 0 radical (unpaired) electrons. The molecule has 0 bridgehead atoms. The summed E-state index contributed by atoms with van der Waals surface area (Å²) in [7, 11) is 7.55. The van der Waals surface area contributed by atoms with E-state index in [1.165, 1.54) is 6.07 Å². The van der Waals surface area contributed by atoms with Gasteiger partial charge in [0.05, 0.1) is 11.3 Å². The molecule has 2 heterocycles. The van der Waals surface area contributed by atoms with Gasteiger partial charge in [-0.05, 0) is 58.7 Å². The average Bonchev–Trinajstić information content (AvgIpc) is 3.33. The summed E-state index contributed by atoms with van der Waals surface area (Å²) in [5.74, 6) is 0.629. The predicted octanol–water partition coefficient (Wildman–Crippen LogP) is 3.56. The average molecular weight is 553 g/mol. The topological polar surface area (TPSA) is 91.9 Å². The van der Waals surface area contributed by atoms with Gasteiger partial charge >= 0.3 is 6.18 Å². The van der Waals surface area contributed by atoms with Gasteiger partial charge in [-0.2, -0.15) is 13.2 Å². The summed E-state index contributed by atoms with van der Waals surface area (Å²) >= 11 is 0. The Morgan fingerprint density at radius 3 is 2.38 bits per heavy atom. The number of likely N-dealkylation sites (N-methyl/N-ethyl adjacent to an activating group) is 2. The summed E-state index contributed by atoms with van der Waals surface area (Å²) in [5.41, 5.74) is 12.9. The molecule has 12 heteroatoms. The first-order chi connectivity index (χ1) is 18.3. The molecule has 0 aliphatic carbocycles. The van der Waals surface area contributed by atoms with Gasteiger partial charge in [-0.3, -0.25) is 4.99 Å². The highest BCUT2D eigenvalue weighted by molar-refractivity contribution is 5.97. The Labute approximate surface area is 228 Å². The fraction of sp³-hybridized carbons (Fsp3) is 0.556. The van der Waals surface area contributed by atoms with Gasteiger partial charge in [0, 0.05) is 63.0 Å². The number of aromatic nitrogens is 2. The van der Waals surface area contributed by atoms with E-state index in [2.05, 4.69) is 21.7 Å². The second kappa shape index (κ2) is 12.8. The number of rotatable bonds is 10. The summed E-state index contributed by atoms with van der Waals surface area (Å²) in [4.78, 5) is 15.2. The van der Waals surface area contributed by atoms with Crippen LogP contribution >= 0.6 is 0 Å². The van der Waals surface area contributed by atoms with E-state index in [0.29, 0.717) is 43.5 Å². The van der Waals surface area contributed by atoms with Crippen LogP contribution in [-0.2, 0) is 12.7 Å². The van der Waals surface area contributed by atoms with E-state index in [1.54, 1.807) is 13.2 Å². The van der Waals surface area contributed by atoms with Crippen molar-refractivity contribution in [2.45, 2.75) is 38.4 Å². The van der Waals surface area contributed by atoms with Crippen LogP contribution in [-0.4, -0.2) is 91.0 Å². The lowest BCUT2D eigenvalue weighted by atomic mass is 9.95. The third-order valence-electron chi connectivity index (χ3n) is 7.19. The molecule has 1 aliphatic rings. The highest BCUT2D eigenvalue weighted by Crippen LogP contribution is 2.35. The maximum atomic E-state index is 13.9. The summed E-state index contributed by atoms with van der Waals surface area (Å²) in [6.45, 7) is 6.20. The Morgan fingerprint density at radius 1 is 1.15 bits per heavy atom. The second-order valence-electron chi connectivity index (χ2n) is 10.2. The Balaban J connectivity index is 1.88. The molecule has 1 aromatic heterocycles. The van der Waals surface area contributed by atoms with E-state index in [9.17, 15) is 17.6 Å².